The van der Waals surface area contributed by atoms with Gasteiger partial charge in [-0.25, -0.2) is 0 Å². The second-order valence-electron chi connectivity index (χ2n) is 7.96. The molecular formula is C22H34N4O6. The average Bonchev–Trinajstić information content (AvgIpc) is 2.75. The summed E-state index contributed by atoms with van der Waals surface area (Å²) in [7, 11) is 0. The van der Waals surface area contributed by atoms with Crippen molar-refractivity contribution in [2.24, 2.45) is 11.7 Å². The van der Waals surface area contributed by atoms with Crippen LogP contribution in [0.4, 0.5) is 0 Å². The zero-order valence-electron chi connectivity index (χ0n) is 18.9. The summed E-state index contributed by atoms with van der Waals surface area (Å²) in [5.41, 5.74) is 6.76. The van der Waals surface area contributed by atoms with Crippen LogP contribution in [0.5, 0.6) is 0 Å². The Balaban J connectivity index is 3.04. The second-order valence-corrected chi connectivity index (χ2v) is 7.96. The van der Waals surface area contributed by atoms with Gasteiger partial charge in [0.1, 0.15) is 18.1 Å². The predicted molar refractivity (Wildman–Crippen MR) is 118 cm³/mol. The van der Waals surface area contributed by atoms with Crippen molar-refractivity contribution in [3.05, 3.63) is 35.9 Å². The molecule has 0 heterocycles. The number of hydrogen-bond acceptors (Lipinski definition) is 6. The van der Waals surface area contributed by atoms with Gasteiger partial charge in [0, 0.05) is 6.42 Å². The Morgan fingerprint density at radius 2 is 1.53 bits per heavy atom. The Morgan fingerprint density at radius 3 is 2.03 bits per heavy atom. The zero-order valence-corrected chi connectivity index (χ0v) is 18.9. The molecule has 32 heavy (non-hydrogen) atoms. The fraction of sp³-hybridized carbons (Fsp3) is 0.545. The maximum Gasteiger partial charge on any atom is 0.325 e. The molecule has 1 rings (SSSR count). The molecule has 0 saturated heterocycles. The van der Waals surface area contributed by atoms with E-state index in [9.17, 15) is 24.3 Å². The Kier molecular flexibility index (Phi) is 10.8. The Morgan fingerprint density at radius 1 is 0.938 bits per heavy atom. The second kappa shape index (κ2) is 12.8. The molecule has 0 aliphatic carbocycles. The maximum absolute atomic E-state index is 13.0. The molecule has 6 unspecified atom stereocenters. The fourth-order valence-corrected chi connectivity index (χ4v) is 2.86. The van der Waals surface area contributed by atoms with Crippen LogP contribution in [-0.2, 0) is 25.6 Å². The van der Waals surface area contributed by atoms with Gasteiger partial charge in [-0.05, 0) is 25.3 Å². The van der Waals surface area contributed by atoms with Crippen LogP contribution in [0.2, 0.25) is 0 Å². The third-order valence-corrected chi connectivity index (χ3v) is 5.27. The molecule has 0 spiro atoms. The Hall–Kier alpha value is -2.98. The van der Waals surface area contributed by atoms with Gasteiger partial charge in [0.2, 0.25) is 17.7 Å². The van der Waals surface area contributed by atoms with Gasteiger partial charge >= 0.3 is 5.97 Å². The molecule has 178 valence electrons. The first kappa shape index (κ1) is 27.1. The molecule has 0 aliphatic heterocycles. The van der Waals surface area contributed by atoms with Crippen molar-refractivity contribution in [2.75, 3.05) is 0 Å². The molecule has 0 radical (unpaired) electrons. The van der Waals surface area contributed by atoms with Crippen LogP contribution in [0.1, 0.15) is 39.7 Å². The topological polar surface area (TPSA) is 171 Å². The number of amides is 3. The maximum atomic E-state index is 13.0. The highest BCUT2D eigenvalue weighted by Gasteiger charge is 2.32. The van der Waals surface area contributed by atoms with Crippen molar-refractivity contribution in [1.82, 2.24) is 16.0 Å². The number of nitrogens with one attached hydrogen (secondary N) is 3. The number of aliphatic hydroxyl groups excluding tert-OH is 1. The summed E-state index contributed by atoms with van der Waals surface area (Å²) in [5.74, 6) is -3.44. The highest BCUT2D eigenvalue weighted by atomic mass is 16.4. The summed E-state index contributed by atoms with van der Waals surface area (Å²) in [5, 5.41) is 26.3. The molecule has 7 N–H and O–H groups in total. The predicted octanol–water partition coefficient (Wildman–Crippen LogP) is -0.458. The lowest BCUT2D eigenvalue weighted by atomic mass is 9.98. The van der Waals surface area contributed by atoms with Crippen LogP contribution in [0, 0.1) is 5.92 Å². The number of aliphatic carboxylic acids is 1. The normalized spacial score (nSPS) is 16.6. The minimum atomic E-state index is -1.41. The lowest BCUT2D eigenvalue weighted by Crippen LogP contribution is -2.60. The Bertz CT molecular complexity index is 786. The largest absolute Gasteiger partial charge is 0.480 e. The molecule has 0 aromatic heterocycles. The average molecular weight is 451 g/mol. The van der Waals surface area contributed by atoms with Crippen molar-refractivity contribution >= 4 is 23.7 Å². The lowest BCUT2D eigenvalue weighted by molar-refractivity contribution is -0.142. The summed E-state index contributed by atoms with van der Waals surface area (Å²) in [6, 6.07) is 4.45. The standard InChI is InChI=1S/C22H34N4O6/c1-5-12(2)17(23)20(29)25-16(11-15-9-7-6-8-10-15)19(28)26-18(14(4)27)21(30)24-13(3)22(31)32/h6-10,12-14,16-18,27H,5,11,23H2,1-4H3,(H,24,30)(H,25,29)(H,26,28)(H,31,32). The summed E-state index contributed by atoms with van der Waals surface area (Å²) in [6.45, 7) is 6.28. The third kappa shape index (κ3) is 8.27. The van der Waals surface area contributed by atoms with Crippen molar-refractivity contribution in [3.63, 3.8) is 0 Å². The molecule has 1 aromatic carbocycles. The fourth-order valence-electron chi connectivity index (χ4n) is 2.86. The van der Waals surface area contributed by atoms with Crippen LogP contribution in [-0.4, -0.2) is 64.2 Å². The molecule has 0 saturated carbocycles. The highest BCUT2D eigenvalue weighted by molar-refractivity contribution is 5.94. The molecule has 10 heteroatoms. The van der Waals surface area contributed by atoms with Crippen molar-refractivity contribution in [1.29, 1.82) is 0 Å². The van der Waals surface area contributed by atoms with Gasteiger partial charge in [0.15, 0.2) is 0 Å². The van der Waals surface area contributed by atoms with Crippen molar-refractivity contribution in [2.45, 2.75) is 70.8 Å². The minimum absolute atomic E-state index is 0.107. The van der Waals surface area contributed by atoms with Crippen molar-refractivity contribution in [3.8, 4) is 0 Å². The monoisotopic (exact) mass is 450 g/mol. The summed E-state index contributed by atoms with van der Waals surface area (Å²) in [4.78, 5) is 49.0. The summed E-state index contributed by atoms with van der Waals surface area (Å²) < 4.78 is 0. The van der Waals surface area contributed by atoms with Gasteiger partial charge in [-0.15, -0.1) is 0 Å². The number of aliphatic hydroxyl groups is 1. The number of carbonyl (C=O) groups excluding carboxylic acids is 3. The number of benzene rings is 1. The quantitative estimate of drug-likeness (QED) is 0.250. The van der Waals surface area contributed by atoms with Gasteiger partial charge in [-0.3, -0.25) is 19.2 Å². The van der Waals surface area contributed by atoms with E-state index in [-0.39, 0.29) is 12.3 Å². The number of carboxylic acid groups (broad SMARTS) is 1. The smallest absolute Gasteiger partial charge is 0.325 e. The van der Waals surface area contributed by atoms with Crippen LogP contribution < -0.4 is 21.7 Å². The summed E-state index contributed by atoms with van der Waals surface area (Å²) in [6.07, 6.45) is -0.503. The van der Waals surface area contributed by atoms with Gasteiger partial charge in [0.25, 0.3) is 0 Å². The van der Waals surface area contributed by atoms with Crippen molar-refractivity contribution < 1.29 is 29.4 Å². The lowest BCUT2D eigenvalue weighted by Gasteiger charge is -2.27. The van der Waals surface area contributed by atoms with E-state index in [0.717, 1.165) is 5.56 Å². The molecular weight excluding hydrogens is 416 g/mol. The molecule has 10 nitrogen and oxygen atoms in total. The van der Waals surface area contributed by atoms with Gasteiger partial charge in [-0.2, -0.15) is 0 Å². The molecule has 1 aromatic rings. The van der Waals surface area contributed by atoms with Crippen LogP contribution in [0.3, 0.4) is 0 Å². The number of carboxylic acids is 1. The zero-order chi connectivity index (χ0) is 24.4. The number of nitrogens with two attached hydrogens (primary N) is 1. The van der Waals surface area contributed by atoms with E-state index < -0.39 is 54.0 Å². The molecule has 3 amide bonds. The third-order valence-electron chi connectivity index (χ3n) is 5.27. The minimum Gasteiger partial charge on any atom is -0.480 e. The van der Waals surface area contributed by atoms with E-state index in [1.165, 1.54) is 13.8 Å². The molecule has 0 fully saturated rings. The SMILES string of the molecule is CCC(C)C(N)C(=O)NC(Cc1ccccc1)C(=O)NC(C(=O)NC(C)C(=O)O)C(C)O. The van der Waals surface area contributed by atoms with E-state index >= 15 is 0 Å². The van der Waals surface area contributed by atoms with Gasteiger partial charge < -0.3 is 31.9 Å². The van der Waals surface area contributed by atoms with E-state index in [1.54, 1.807) is 24.3 Å². The number of rotatable bonds is 12. The molecule has 6 atom stereocenters. The first-order valence-electron chi connectivity index (χ1n) is 10.6. The first-order chi connectivity index (χ1) is 15.0. The van der Waals surface area contributed by atoms with Crippen LogP contribution in [0.25, 0.3) is 0 Å². The first-order valence-corrected chi connectivity index (χ1v) is 10.6. The van der Waals surface area contributed by atoms with Crippen LogP contribution >= 0.6 is 0 Å². The van der Waals surface area contributed by atoms with Crippen LogP contribution in [0.15, 0.2) is 30.3 Å². The number of carbonyl (C=O) groups is 4. The highest BCUT2D eigenvalue weighted by Crippen LogP contribution is 2.08. The van der Waals surface area contributed by atoms with E-state index in [2.05, 4.69) is 16.0 Å². The van der Waals surface area contributed by atoms with Gasteiger partial charge in [-0.1, -0.05) is 50.6 Å². The molecule has 0 bridgehead atoms. The molecule has 0 aliphatic rings. The van der Waals surface area contributed by atoms with E-state index in [0.29, 0.717) is 6.42 Å². The Labute approximate surface area is 187 Å². The van der Waals surface area contributed by atoms with Gasteiger partial charge in [0.05, 0.1) is 12.1 Å². The van der Waals surface area contributed by atoms with E-state index in [4.69, 9.17) is 10.8 Å². The van der Waals surface area contributed by atoms with E-state index in [1.807, 2.05) is 19.9 Å². The summed E-state index contributed by atoms with van der Waals surface area (Å²) >= 11 is 0. The number of hydrogen-bond donors (Lipinski definition) is 6.